The lowest BCUT2D eigenvalue weighted by molar-refractivity contribution is 0.848. The summed E-state index contributed by atoms with van der Waals surface area (Å²) >= 11 is 0. The maximum absolute atomic E-state index is 3.50. The fourth-order valence-electron chi connectivity index (χ4n) is 2.16. The van der Waals surface area contributed by atoms with Crippen LogP contribution in [0.15, 0.2) is 24.3 Å². The van der Waals surface area contributed by atoms with Crippen LogP contribution in [0.1, 0.15) is 51.8 Å². The zero-order valence-corrected chi connectivity index (χ0v) is 11.1. The molecule has 0 radical (unpaired) electrons. The number of benzene rings is 1. The molecule has 0 aliphatic heterocycles. The molecule has 1 aromatic carbocycles. The molecule has 0 saturated heterocycles. The first-order valence-corrected chi connectivity index (χ1v) is 6.33. The molecule has 0 aliphatic carbocycles. The molecule has 1 heteroatoms. The Bertz CT molecular complexity index is 438. The molecule has 16 heavy (non-hydrogen) atoms. The minimum Gasteiger partial charge on any atom is -0.358 e. The summed E-state index contributed by atoms with van der Waals surface area (Å²) < 4.78 is 0. The molecule has 1 aromatic heterocycles. The van der Waals surface area contributed by atoms with Crippen molar-refractivity contribution in [2.24, 2.45) is 0 Å². The molecule has 0 saturated carbocycles. The maximum atomic E-state index is 3.50. The van der Waals surface area contributed by atoms with Crippen molar-refractivity contribution in [1.82, 2.24) is 4.98 Å². The Morgan fingerprint density at radius 1 is 1.12 bits per heavy atom. The van der Waals surface area contributed by atoms with Gasteiger partial charge in [0.25, 0.3) is 0 Å². The van der Waals surface area contributed by atoms with Gasteiger partial charge in [0, 0.05) is 16.6 Å². The highest BCUT2D eigenvalue weighted by Crippen LogP contribution is 2.29. The van der Waals surface area contributed by atoms with E-state index in [1.165, 1.54) is 22.2 Å². The molecule has 0 bridgehead atoms. The second-order valence-corrected chi connectivity index (χ2v) is 4.07. The summed E-state index contributed by atoms with van der Waals surface area (Å²) in [6.45, 7) is 10.7. The second-order valence-electron chi connectivity index (χ2n) is 4.07. The molecule has 2 rings (SSSR count). The Labute approximate surface area is 98.9 Å². The molecule has 88 valence electrons. The Kier molecular flexibility index (Phi) is 4.60. The summed E-state index contributed by atoms with van der Waals surface area (Å²) in [6.07, 6.45) is 1.09. The molecule has 0 aliphatic rings. The van der Waals surface area contributed by atoms with Crippen LogP contribution >= 0.6 is 0 Å². The first-order chi connectivity index (χ1) is 7.74. The van der Waals surface area contributed by atoms with Crippen LogP contribution in [-0.2, 0) is 6.42 Å². The zero-order chi connectivity index (χ0) is 12.1. The van der Waals surface area contributed by atoms with Crippen molar-refractivity contribution in [2.45, 2.75) is 47.0 Å². The van der Waals surface area contributed by atoms with Gasteiger partial charge in [-0.25, -0.2) is 0 Å². The van der Waals surface area contributed by atoms with Crippen molar-refractivity contribution in [1.29, 1.82) is 0 Å². The fraction of sp³-hybridized carbons (Fsp3) is 0.467. The van der Waals surface area contributed by atoms with Gasteiger partial charge in [0.2, 0.25) is 0 Å². The minimum atomic E-state index is 0.598. The minimum absolute atomic E-state index is 0.598. The zero-order valence-electron chi connectivity index (χ0n) is 11.1. The van der Waals surface area contributed by atoms with E-state index in [0.717, 1.165) is 6.42 Å². The molecular formula is C15H23N. The standard InChI is InChI=1S/C13H17N.C2H6/c1-4-11-13(9(2)3)10-7-5-6-8-12(10)14-11;1-2/h5-9,14H,4H2,1-3H3;1-2H3. The summed E-state index contributed by atoms with van der Waals surface area (Å²) in [6, 6.07) is 8.56. The molecule has 1 N–H and O–H groups in total. The fourth-order valence-corrected chi connectivity index (χ4v) is 2.16. The third kappa shape index (κ3) is 2.29. The molecule has 0 unspecified atom stereocenters. The number of fused-ring (bicyclic) bond motifs is 1. The van der Waals surface area contributed by atoms with E-state index in [2.05, 4.69) is 50.0 Å². The van der Waals surface area contributed by atoms with E-state index in [0.29, 0.717) is 5.92 Å². The van der Waals surface area contributed by atoms with Crippen LogP contribution in [0.5, 0.6) is 0 Å². The maximum Gasteiger partial charge on any atom is 0.0459 e. The number of hydrogen-bond acceptors (Lipinski definition) is 0. The van der Waals surface area contributed by atoms with Gasteiger partial charge in [0.15, 0.2) is 0 Å². The normalized spacial score (nSPS) is 10.4. The molecule has 1 heterocycles. The van der Waals surface area contributed by atoms with E-state index in [-0.39, 0.29) is 0 Å². The van der Waals surface area contributed by atoms with Gasteiger partial charge in [0.1, 0.15) is 0 Å². The Morgan fingerprint density at radius 3 is 2.31 bits per heavy atom. The van der Waals surface area contributed by atoms with Gasteiger partial charge >= 0.3 is 0 Å². The number of para-hydroxylation sites is 1. The van der Waals surface area contributed by atoms with Gasteiger partial charge in [-0.2, -0.15) is 0 Å². The quantitative estimate of drug-likeness (QED) is 0.738. The van der Waals surface area contributed by atoms with E-state index in [9.17, 15) is 0 Å². The summed E-state index contributed by atoms with van der Waals surface area (Å²) in [5.74, 6) is 0.598. The molecule has 0 amide bonds. The third-order valence-electron chi connectivity index (χ3n) is 2.76. The van der Waals surface area contributed by atoms with Crippen molar-refractivity contribution in [3.63, 3.8) is 0 Å². The average molecular weight is 217 g/mol. The highest BCUT2D eigenvalue weighted by molar-refractivity contribution is 5.85. The number of hydrogen-bond donors (Lipinski definition) is 1. The van der Waals surface area contributed by atoms with Crippen molar-refractivity contribution < 1.29 is 0 Å². The van der Waals surface area contributed by atoms with E-state index >= 15 is 0 Å². The van der Waals surface area contributed by atoms with Crippen molar-refractivity contribution >= 4 is 10.9 Å². The lowest BCUT2D eigenvalue weighted by Crippen LogP contribution is -1.91. The highest BCUT2D eigenvalue weighted by atomic mass is 14.7. The van der Waals surface area contributed by atoms with Crippen LogP contribution in [0.3, 0.4) is 0 Å². The summed E-state index contributed by atoms with van der Waals surface area (Å²) in [5, 5.41) is 1.39. The van der Waals surface area contributed by atoms with Crippen molar-refractivity contribution in [2.75, 3.05) is 0 Å². The number of rotatable bonds is 2. The van der Waals surface area contributed by atoms with Crippen LogP contribution in [0.4, 0.5) is 0 Å². The average Bonchev–Trinajstić information content (AvgIpc) is 2.69. The van der Waals surface area contributed by atoms with Crippen LogP contribution < -0.4 is 0 Å². The van der Waals surface area contributed by atoms with Crippen LogP contribution in [-0.4, -0.2) is 4.98 Å². The molecule has 1 nitrogen and oxygen atoms in total. The van der Waals surface area contributed by atoms with E-state index < -0.39 is 0 Å². The third-order valence-corrected chi connectivity index (χ3v) is 2.76. The van der Waals surface area contributed by atoms with E-state index in [1.807, 2.05) is 13.8 Å². The monoisotopic (exact) mass is 217 g/mol. The molecular weight excluding hydrogens is 194 g/mol. The van der Waals surface area contributed by atoms with Crippen LogP contribution in [0, 0.1) is 0 Å². The van der Waals surface area contributed by atoms with Gasteiger partial charge in [0.05, 0.1) is 0 Å². The van der Waals surface area contributed by atoms with Gasteiger partial charge in [-0.15, -0.1) is 0 Å². The van der Waals surface area contributed by atoms with Crippen molar-refractivity contribution in [3.8, 4) is 0 Å². The van der Waals surface area contributed by atoms with Crippen LogP contribution in [0.2, 0.25) is 0 Å². The number of aryl methyl sites for hydroxylation is 1. The van der Waals surface area contributed by atoms with E-state index in [1.54, 1.807) is 0 Å². The molecule has 0 atom stereocenters. The smallest absolute Gasteiger partial charge is 0.0459 e. The second kappa shape index (κ2) is 5.74. The first-order valence-electron chi connectivity index (χ1n) is 6.33. The summed E-state index contributed by atoms with van der Waals surface area (Å²) in [4.78, 5) is 3.50. The SMILES string of the molecule is CC.CCc1[nH]c2ccccc2c1C(C)C. The van der Waals surface area contributed by atoms with Crippen LogP contribution in [0.25, 0.3) is 10.9 Å². The van der Waals surface area contributed by atoms with Gasteiger partial charge < -0.3 is 4.98 Å². The van der Waals surface area contributed by atoms with Gasteiger partial charge in [-0.3, -0.25) is 0 Å². The molecule has 2 aromatic rings. The van der Waals surface area contributed by atoms with Crippen molar-refractivity contribution in [3.05, 3.63) is 35.5 Å². The lowest BCUT2D eigenvalue weighted by Gasteiger charge is -2.05. The highest BCUT2D eigenvalue weighted by Gasteiger charge is 2.11. The Hall–Kier alpha value is -1.24. The largest absolute Gasteiger partial charge is 0.358 e. The van der Waals surface area contributed by atoms with Gasteiger partial charge in [-0.1, -0.05) is 52.8 Å². The Balaban J connectivity index is 0.000000606. The van der Waals surface area contributed by atoms with Gasteiger partial charge in [-0.05, 0) is 24.0 Å². The van der Waals surface area contributed by atoms with E-state index in [4.69, 9.17) is 0 Å². The number of nitrogens with one attached hydrogen (secondary N) is 1. The molecule has 0 spiro atoms. The first kappa shape index (κ1) is 12.8. The Morgan fingerprint density at radius 2 is 1.75 bits per heavy atom. The summed E-state index contributed by atoms with van der Waals surface area (Å²) in [7, 11) is 0. The number of aromatic nitrogens is 1. The predicted molar refractivity (Wildman–Crippen MR) is 73.1 cm³/mol. The summed E-state index contributed by atoms with van der Waals surface area (Å²) in [5.41, 5.74) is 4.15. The molecule has 0 fully saturated rings. The number of H-pyrrole nitrogens is 1. The number of aromatic amines is 1. The predicted octanol–water partition coefficient (Wildman–Crippen LogP) is 4.88. The topological polar surface area (TPSA) is 15.8 Å². The lowest BCUT2D eigenvalue weighted by atomic mass is 9.98.